The van der Waals surface area contributed by atoms with Crippen LogP contribution in [0.5, 0.6) is 5.88 Å². The predicted molar refractivity (Wildman–Crippen MR) is 148 cm³/mol. The Labute approximate surface area is 235 Å². The van der Waals surface area contributed by atoms with E-state index in [0.29, 0.717) is 6.07 Å². The van der Waals surface area contributed by atoms with Crippen molar-refractivity contribution in [3.63, 3.8) is 0 Å². The number of carbonyl (C=O) groups is 2. The van der Waals surface area contributed by atoms with Crippen LogP contribution in [0.3, 0.4) is 0 Å². The van der Waals surface area contributed by atoms with Crippen LogP contribution in [0.1, 0.15) is 114 Å². The number of nitrogens with zero attached hydrogens (tertiary/aromatic N) is 1. The zero-order valence-corrected chi connectivity index (χ0v) is 24.0. The third kappa shape index (κ3) is 11.7. The highest BCUT2D eigenvalue weighted by atomic mass is 19.4. The molecule has 0 bridgehead atoms. The van der Waals surface area contributed by atoms with E-state index < -0.39 is 52.8 Å². The minimum absolute atomic E-state index is 0.222. The number of ether oxygens (including phenoxy) is 2. The standard InChI is InChI=1S/C17H21F3N2O5.C12H23N/c1-6-7-9(2)26-13-10(17(18,19)20)8-11(12(22-13)14(23)24)21-15(25)27-16(3,4)5;1-3-7-11(8-4-1)13-12-9-5-2-6-10-12/h6,8-9H,1,7H2,2-5H3,(H,21,25)(H,23,24);11-13H,1-10H2/t9-;/m1./s1. The molecule has 0 unspecified atom stereocenters. The van der Waals surface area contributed by atoms with Crippen molar-refractivity contribution in [1.29, 1.82) is 0 Å². The molecule has 0 saturated heterocycles. The zero-order chi connectivity index (χ0) is 29.9. The number of anilines is 1. The number of halogens is 3. The number of carboxylic acid groups (broad SMARTS) is 1. The van der Waals surface area contributed by atoms with E-state index in [9.17, 15) is 27.9 Å². The van der Waals surface area contributed by atoms with Crippen molar-refractivity contribution in [2.75, 3.05) is 5.32 Å². The first kappa shape index (κ1) is 33.4. The minimum Gasteiger partial charge on any atom is -0.476 e. The molecule has 2 aliphatic carbocycles. The van der Waals surface area contributed by atoms with Gasteiger partial charge in [-0.25, -0.2) is 14.6 Å². The first-order valence-corrected chi connectivity index (χ1v) is 14.1. The summed E-state index contributed by atoms with van der Waals surface area (Å²) in [4.78, 5) is 26.7. The molecule has 3 N–H and O–H groups in total. The van der Waals surface area contributed by atoms with Gasteiger partial charge in [-0.3, -0.25) is 5.32 Å². The molecule has 40 heavy (non-hydrogen) atoms. The number of hydrogen-bond acceptors (Lipinski definition) is 6. The monoisotopic (exact) mass is 571 g/mol. The zero-order valence-electron chi connectivity index (χ0n) is 24.0. The molecule has 2 saturated carbocycles. The molecule has 0 radical (unpaired) electrons. The van der Waals surface area contributed by atoms with Gasteiger partial charge in [-0.2, -0.15) is 13.2 Å². The van der Waals surface area contributed by atoms with E-state index in [1.165, 1.54) is 77.2 Å². The minimum atomic E-state index is -4.89. The number of carbonyl (C=O) groups excluding carboxylic acids is 1. The summed E-state index contributed by atoms with van der Waals surface area (Å²) < 4.78 is 50.2. The van der Waals surface area contributed by atoms with Crippen molar-refractivity contribution < 1.29 is 37.3 Å². The molecule has 2 aliphatic rings. The van der Waals surface area contributed by atoms with Gasteiger partial charge in [0.15, 0.2) is 5.69 Å². The van der Waals surface area contributed by atoms with Gasteiger partial charge in [0.2, 0.25) is 5.88 Å². The molecule has 0 aromatic carbocycles. The molecule has 1 atom stereocenters. The maximum atomic E-state index is 13.4. The Kier molecular flexibility index (Phi) is 12.7. The Morgan fingerprint density at radius 2 is 1.60 bits per heavy atom. The molecule has 1 aromatic rings. The third-order valence-corrected chi connectivity index (χ3v) is 6.62. The fourth-order valence-electron chi connectivity index (χ4n) is 4.81. The van der Waals surface area contributed by atoms with Crippen LogP contribution in [0.4, 0.5) is 23.7 Å². The van der Waals surface area contributed by atoms with Gasteiger partial charge in [0.25, 0.3) is 0 Å². The van der Waals surface area contributed by atoms with Gasteiger partial charge in [0.1, 0.15) is 17.3 Å². The van der Waals surface area contributed by atoms with E-state index in [4.69, 9.17) is 9.47 Å². The Morgan fingerprint density at radius 1 is 1.07 bits per heavy atom. The molecule has 1 heterocycles. The topological polar surface area (TPSA) is 110 Å². The smallest absolute Gasteiger partial charge is 0.421 e. The van der Waals surface area contributed by atoms with Crippen LogP contribution < -0.4 is 15.4 Å². The first-order valence-electron chi connectivity index (χ1n) is 14.1. The van der Waals surface area contributed by atoms with E-state index in [1.807, 2.05) is 5.32 Å². The SMILES string of the molecule is C1CCC(NC2CCCCC2)CC1.C=CC[C@@H](C)Oc1nc(C(=O)O)c(NC(=O)OC(C)(C)C)cc1C(F)(F)F. The number of hydrogen-bond donors (Lipinski definition) is 3. The number of aromatic nitrogens is 1. The summed E-state index contributed by atoms with van der Waals surface area (Å²) in [6.45, 7) is 9.57. The highest BCUT2D eigenvalue weighted by Gasteiger charge is 2.38. The average molecular weight is 572 g/mol. The quantitative estimate of drug-likeness (QED) is 0.274. The van der Waals surface area contributed by atoms with Crippen molar-refractivity contribution in [3.05, 3.63) is 30.0 Å². The Hall–Kier alpha value is -2.82. The van der Waals surface area contributed by atoms with Crippen LogP contribution >= 0.6 is 0 Å². The molecular formula is C29H44F3N3O5. The lowest BCUT2D eigenvalue weighted by Crippen LogP contribution is -2.40. The molecule has 8 nitrogen and oxygen atoms in total. The lowest BCUT2D eigenvalue weighted by Gasteiger charge is -2.30. The lowest BCUT2D eigenvalue weighted by atomic mass is 9.91. The molecular weight excluding hydrogens is 527 g/mol. The fraction of sp³-hybridized carbons (Fsp3) is 0.690. The molecule has 3 rings (SSSR count). The van der Waals surface area contributed by atoms with Gasteiger partial charge in [-0.15, -0.1) is 6.58 Å². The predicted octanol–water partition coefficient (Wildman–Crippen LogP) is 7.73. The van der Waals surface area contributed by atoms with Gasteiger partial charge >= 0.3 is 18.2 Å². The Balaban J connectivity index is 0.000000355. The van der Waals surface area contributed by atoms with E-state index >= 15 is 0 Å². The van der Waals surface area contributed by atoms with Crippen molar-refractivity contribution >= 4 is 17.7 Å². The van der Waals surface area contributed by atoms with E-state index in [-0.39, 0.29) is 6.42 Å². The number of aromatic carboxylic acids is 1. The molecule has 2 fully saturated rings. The maximum absolute atomic E-state index is 13.4. The first-order chi connectivity index (χ1) is 18.7. The summed E-state index contributed by atoms with van der Waals surface area (Å²) in [5, 5.41) is 15.1. The van der Waals surface area contributed by atoms with E-state index in [1.54, 1.807) is 20.8 Å². The number of pyridine rings is 1. The molecule has 11 heteroatoms. The summed E-state index contributed by atoms with van der Waals surface area (Å²) in [6.07, 6.45) is 9.50. The van der Waals surface area contributed by atoms with Gasteiger partial charge in [0, 0.05) is 18.5 Å². The maximum Gasteiger partial charge on any atom is 0.421 e. The van der Waals surface area contributed by atoms with E-state index in [0.717, 1.165) is 12.1 Å². The van der Waals surface area contributed by atoms with Crippen molar-refractivity contribution in [1.82, 2.24) is 10.3 Å². The van der Waals surface area contributed by atoms with Crippen molar-refractivity contribution in [2.24, 2.45) is 0 Å². The van der Waals surface area contributed by atoms with Gasteiger partial charge < -0.3 is 19.9 Å². The second kappa shape index (κ2) is 15.3. The Morgan fingerprint density at radius 3 is 2.02 bits per heavy atom. The number of amides is 1. The van der Waals surface area contributed by atoms with Gasteiger partial charge in [-0.1, -0.05) is 44.6 Å². The van der Waals surface area contributed by atoms with Crippen LogP contribution in [0, 0.1) is 0 Å². The largest absolute Gasteiger partial charge is 0.476 e. The normalized spacial score (nSPS) is 17.7. The van der Waals surface area contributed by atoms with Crippen molar-refractivity contribution in [3.8, 4) is 5.88 Å². The van der Waals surface area contributed by atoms with Crippen LogP contribution in [0.25, 0.3) is 0 Å². The average Bonchev–Trinajstić information content (AvgIpc) is 2.84. The number of rotatable bonds is 8. The lowest BCUT2D eigenvalue weighted by molar-refractivity contribution is -0.139. The number of alkyl halides is 3. The third-order valence-electron chi connectivity index (χ3n) is 6.62. The van der Waals surface area contributed by atoms with Crippen molar-refractivity contribution in [2.45, 2.75) is 128 Å². The summed E-state index contributed by atoms with van der Waals surface area (Å²) in [5.41, 5.74) is -3.73. The summed E-state index contributed by atoms with van der Waals surface area (Å²) >= 11 is 0. The summed E-state index contributed by atoms with van der Waals surface area (Å²) in [6, 6.07) is 2.20. The molecule has 226 valence electrons. The molecule has 0 spiro atoms. The van der Waals surface area contributed by atoms with Gasteiger partial charge in [0.05, 0.1) is 5.69 Å². The number of carboxylic acids is 1. The molecule has 1 amide bonds. The molecule has 0 aliphatic heterocycles. The highest BCUT2D eigenvalue weighted by molar-refractivity contribution is 5.97. The fourth-order valence-corrected chi connectivity index (χ4v) is 4.81. The van der Waals surface area contributed by atoms with Crippen LogP contribution in [-0.4, -0.2) is 45.9 Å². The second-order valence-electron chi connectivity index (χ2n) is 11.5. The Bertz CT molecular complexity index is 966. The summed E-state index contributed by atoms with van der Waals surface area (Å²) in [5.74, 6) is -2.54. The van der Waals surface area contributed by atoms with Crippen LogP contribution in [-0.2, 0) is 10.9 Å². The van der Waals surface area contributed by atoms with Crippen LogP contribution in [0.15, 0.2) is 18.7 Å². The second-order valence-corrected chi connectivity index (χ2v) is 11.5. The van der Waals surface area contributed by atoms with Gasteiger partial charge in [-0.05, 0) is 59.4 Å². The summed E-state index contributed by atoms with van der Waals surface area (Å²) in [7, 11) is 0. The van der Waals surface area contributed by atoms with Crippen LogP contribution in [0.2, 0.25) is 0 Å². The molecule has 1 aromatic heterocycles. The highest BCUT2D eigenvalue weighted by Crippen LogP contribution is 2.38. The van der Waals surface area contributed by atoms with E-state index in [2.05, 4.69) is 16.9 Å². The number of nitrogens with one attached hydrogen (secondary N) is 2.